The second kappa shape index (κ2) is 12.0. The molecule has 2 N–H and O–H groups in total. The third-order valence-corrected chi connectivity index (χ3v) is 4.58. The Kier molecular flexibility index (Phi) is 9.70. The summed E-state index contributed by atoms with van der Waals surface area (Å²) in [5.41, 5.74) is 1.48. The molecule has 164 valence electrons. The van der Waals surface area contributed by atoms with Crippen LogP contribution in [0.25, 0.3) is 0 Å². The van der Waals surface area contributed by atoms with Crippen molar-refractivity contribution in [1.82, 2.24) is 10.6 Å². The van der Waals surface area contributed by atoms with Gasteiger partial charge in [0.15, 0.2) is 5.96 Å². The first-order chi connectivity index (χ1) is 14.1. The van der Waals surface area contributed by atoms with Gasteiger partial charge in [-0.05, 0) is 42.8 Å². The summed E-state index contributed by atoms with van der Waals surface area (Å²) < 4.78 is 46.9. The highest BCUT2D eigenvalue weighted by Gasteiger charge is 2.15. The largest absolute Gasteiger partial charge is 0.378 e. The van der Waals surface area contributed by atoms with Crippen molar-refractivity contribution in [3.05, 3.63) is 65.0 Å². The molecular formula is C21H26F3IN4O. The Morgan fingerprint density at radius 2 is 1.80 bits per heavy atom. The van der Waals surface area contributed by atoms with Gasteiger partial charge < -0.3 is 20.3 Å². The molecule has 1 aliphatic heterocycles. The maximum absolute atomic E-state index is 14.5. The molecule has 0 amide bonds. The topological polar surface area (TPSA) is 48.9 Å². The Morgan fingerprint density at radius 1 is 1.03 bits per heavy atom. The molecule has 2 aromatic rings. The maximum atomic E-state index is 14.5. The first-order valence-corrected chi connectivity index (χ1v) is 9.64. The zero-order chi connectivity index (χ0) is 20.6. The van der Waals surface area contributed by atoms with Crippen molar-refractivity contribution in [1.29, 1.82) is 0 Å². The third kappa shape index (κ3) is 6.76. The molecule has 1 saturated heterocycles. The molecule has 0 atom stereocenters. The molecule has 0 unspecified atom stereocenters. The Balaban J connectivity index is 0.00000320. The van der Waals surface area contributed by atoms with Gasteiger partial charge in [0, 0.05) is 31.7 Å². The molecule has 0 spiro atoms. The van der Waals surface area contributed by atoms with Gasteiger partial charge in [0.25, 0.3) is 0 Å². The van der Waals surface area contributed by atoms with E-state index in [1.165, 1.54) is 6.07 Å². The fourth-order valence-corrected chi connectivity index (χ4v) is 3.08. The van der Waals surface area contributed by atoms with Crippen LogP contribution < -0.4 is 15.5 Å². The summed E-state index contributed by atoms with van der Waals surface area (Å²) in [4.78, 5) is 6.38. The molecule has 0 aliphatic carbocycles. The molecule has 0 radical (unpaired) electrons. The first kappa shape index (κ1) is 24.3. The summed E-state index contributed by atoms with van der Waals surface area (Å²) >= 11 is 0. The lowest BCUT2D eigenvalue weighted by Crippen LogP contribution is -2.37. The molecule has 9 heteroatoms. The molecule has 2 aromatic carbocycles. The Labute approximate surface area is 191 Å². The summed E-state index contributed by atoms with van der Waals surface area (Å²) in [6, 6.07) is 8.39. The zero-order valence-electron chi connectivity index (χ0n) is 16.8. The highest BCUT2D eigenvalue weighted by molar-refractivity contribution is 14.0. The summed E-state index contributed by atoms with van der Waals surface area (Å²) in [5.74, 6) is -0.843. The fraction of sp³-hybridized carbons (Fsp3) is 0.381. The summed E-state index contributed by atoms with van der Waals surface area (Å²) in [6.45, 7) is 5.35. The van der Waals surface area contributed by atoms with E-state index in [1.807, 2.05) is 17.9 Å². The van der Waals surface area contributed by atoms with Crippen LogP contribution in [0.5, 0.6) is 0 Å². The molecule has 5 nitrogen and oxygen atoms in total. The van der Waals surface area contributed by atoms with Crippen LogP contribution in [-0.2, 0) is 17.8 Å². The van der Waals surface area contributed by atoms with E-state index >= 15 is 0 Å². The lowest BCUT2D eigenvalue weighted by Gasteiger charge is -2.29. The zero-order valence-corrected chi connectivity index (χ0v) is 19.1. The number of hydrogen-bond donors (Lipinski definition) is 2. The lowest BCUT2D eigenvalue weighted by atomic mass is 10.1. The summed E-state index contributed by atoms with van der Waals surface area (Å²) in [5, 5.41) is 6.01. The maximum Gasteiger partial charge on any atom is 0.191 e. The van der Waals surface area contributed by atoms with Gasteiger partial charge in [-0.1, -0.05) is 6.07 Å². The van der Waals surface area contributed by atoms with Crippen molar-refractivity contribution in [3.8, 4) is 0 Å². The van der Waals surface area contributed by atoms with Gasteiger partial charge >= 0.3 is 0 Å². The van der Waals surface area contributed by atoms with E-state index in [9.17, 15) is 13.2 Å². The summed E-state index contributed by atoms with van der Waals surface area (Å²) in [6.07, 6.45) is 0. The second-order valence-electron chi connectivity index (χ2n) is 6.67. The Morgan fingerprint density at radius 3 is 2.50 bits per heavy atom. The molecule has 1 heterocycles. The number of halogens is 4. The normalized spacial score (nSPS) is 14.3. The Bertz CT molecular complexity index is 860. The number of hydrogen-bond acceptors (Lipinski definition) is 3. The van der Waals surface area contributed by atoms with Crippen LogP contribution in [0.3, 0.4) is 0 Å². The van der Waals surface area contributed by atoms with E-state index < -0.39 is 11.6 Å². The number of rotatable bonds is 6. The molecule has 0 aromatic heterocycles. The number of aliphatic imine (C=N–C) groups is 1. The van der Waals surface area contributed by atoms with Crippen molar-refractivity contribution in [2.75, 3.05) is 37.7 Å². The van der Waals surface area contributed by atoms with Gasteiger partial charge in [-0.25, -0.2) is 18.2 Å². The SMILES string of the molecule is CCNC(=NCc1ccc(N2CCOCC2)c(F)c1)NCc1cc(F)ccc1F.I. The van der Waals surface area contributed by atoms with E-state index in [4.69, 9.17) is 4.74 Å². The molecule has 0 bridgehead atoms. The number of morpholine rings is 1. The van der Waals surface area contributed by atoms with Crippen LogP contribution >= 0.6 is 24.0 Å². The highest BCUT2D eigenvalue weighted by Crippen LogP contribution is 2.22. The van der Waals surface area contributed by atoms with Crippen LogP contribution in [0, 0.1) is 17.5 Å². The van der Waals surface area contributed by atoms with E-state index in [0.717, 1.165) is 18.2 Å². The average molecular weight is 534 g/mol. The van der Waals surface area contributed by atoms with Gasteiger partial charge in [-0.2, -0.15) is 0 Å². The van der Waals surface area contributed by atoms with E-state index in [-0.39, 0.29) is 48.4 Å². The van der Waals surface area contributed by atoms with Crippen LogP contribution in [0.15, 0.2) is 41.4 Å². The minimum absolute atomic E-state index is 0. The highest BCUT2D eigenvalue weighted by atomic mass is 127. The van der Waals surface area contributed by atoms with Crippen LogP contribution in [0.2, 0.25) is 0 Å². The second-order valence-corrected chi connectivity index (χ2v) is 6.67. The van der Waals surface area contributed by atoms with Crippen molar-refractivity contribution in [3.63, 3.8) is 0 Å². The number of guanidine groups is 1. The quantitative estimate of drug-likeness (QED) is 0.337. The smallest absolute Gasteiger partial charge is 0.191 e. The van der Waals surface area contributed by atoms with E-state index in [1.54, 1.807) is 6.07 Å². The third-order valence-electron chi connectivity index (χ3n) is 4.58. The van der Waals surface area contributed by atoms with Gasteiger partial charge in [0.1, 0.15) is 17.5 Å². The number of nitrogens with zero attached hydrogens (tertiary/aromatic N) is 2. The van der Waals surface area contributed by atoms with Gasteiger partial charge in [0.05, 0.1) is 25.4 Å². The summed E-state index contributed by atoms with van der Waals surface area (Å²) in [7, 11) is 0. The predicted molar refractivity (Wildman–Crippen MR) is 123 cm³/mol. The van der Waals surface area contributed by atoms with Crippen molar-refractivity contribution < 1.29 is 17.9 Å². The van der Waals surface area contributed by atoms with Crippen LogP contribution in [-0.4, -0.2) is 38.8 Å². The van der Waals surface area contributed by atoms with Crippen LogP contribution in [0.1, 0.15) is 18.1 Å². The molecule has 1 aliphatic rings. The minimum Gasteiger partial charge on any atom is -0.378 e. The Hall–Kier alpha value is -2.01. The number of benzene rings is 2. The predicted octanol–water partition coefficient (Wildman–Crippen LogP) is 3.81. The average Bonchev–Trinajstić information content (AvgIpc) is 2.73. The van der Waals surface area contributed by atoms with E-state index in [2.05, 4.69) is 15.6 Å². The molecule has 30 heavy (non-hydrogen) atoms. The molecule has 0 saturated carbocycles. The van der Waals surface area contributed by atoms with Crippen molar-refractivity contribution in [2.24, 2.45) is 4.99 Å². The molecular weight excluding hydrogens is 508 g/mol. The van der Waals surface area contributed by atoms with Crippen LogP contribution in [0.4, 0.5) is 18.9 Å². The van der Waals surface area contributed by atoms with E-state index in [0.29, 0.717) is 50.1 Å². The number of anilines is 1. The van der Waals surface area contributed by atoms with Crippen molar-refractivity contribution >= 4 is 35.6 Å². The van der Waals surface area contributed by atoms with Gasteiger partial charge in [-0.15, -0.1) is 24.0 Å². The van der Waals surface area contributed by atoms with Crippen molar-refractivity contribution in [2.45, 2.75) is 20.0 Å². The van der Waals surface area contributed by atoms with Gasteiger partial charge in [0.2, 0.25) is 0 Å². The number of ether oxygens (including phenoxy) is 1. The molecule has 3 rings (SSSR count). The molecule has 1 fully saturated rings. The number of nitrogens with one attached hydrogen (secondary N) is 2. The standard InChI is InChI=1S/C21H25F3N4O.HI/c1-2-25-21(27-14-16-12-17(22)4-5-18(16)23)26-13-15-3-6-20(19(24)11-15)28-7-9-29-10-8-28;/h3-6,11-12H,2,7-10,13-14H2,1H3,(H2,25,26,27);1H. The fourth-order valence-electron chi connectivity index (χ4n) is 3.08. The monoisotopic (exact) mass is 534 g/mol. The van der Waals surface area contributed by atoms with Gasteiger partial charge in [-0.3, -0.25) is 0 Å². The lowest BCUT2D eigenvalue weighted by molar-refractivity contribution is 0.122. The minimum atomic E-state index is -0.499. The first-order valence-electron chi connectivity index (χ1n) is 9.64.